The van der Waals surface area contributed by atoms with Crippen LogP contribution in [0.2, 0.25) is 0 Å². The van der Waals surface area contributed by atoms with Crippen LogP contribution in [0.25, 0.3) is 16.6 Å². The van der Waals surface area contributed by atoms with Crippen molar-refractivity contribution in [3.63, 3.8) is 0 Å². The molecule has 0 saturated carbocycles. The summed E-state index contributed by atoms with van der Waals surface area (Å²) in [5.41, 5.74) is 2.70. The maximum Gasteiger partial charge on any atom is 0.240 e. The molecule has 0 aliphatic rings. The summed E-state index contributed by atoms with van der Waals surface area (Å²) in [5.74, 6) is 0.975. The molecule has 0 radical (unpaired) electrons. The molecule has 0 aliphatic heterocycles. The van der Waals surface area contributed by atoms with E-state index in [1.165, 1.54) is 6.07 Å². The molecular formula is C15H16FN3O. The Morgan fingerprint density at radius 3 is 2.80 bits per heavy atom. The van der Waals surface area contributed by atoms with E-state index in [-0.39, 0.29) is 5.82 Å². The van der Waals surface area contributed by atoms with Crippen LogP contribution < -0.4 is 4.74 Å². The van der Waals surface area contributed by atoms with Crippen LogP contribution in [0.3, 0.4) is 0 Å². The van der Waals surface area contributed by atoms with Crippen molar-refractivity contribution in [2.75, 3.05) is 7.11 Å². The standard InChI is InChI=1S/C15H16FN3O/c1-4-6-12-17-9(2)14-15(20-3)18-13-10(16)7-5-8-11(13)19(12)14/h5,7-8H,4,6H2,1-3H3. The van der Waals surface area contributed by atoms with Crippen molar-refractivity contribution >= 4 is 16.6 Å². The average molecular weight is 273 g/mol. The average Bonchev–Trinajstić information content (AvgIpc) is 2.77. The molecule has 0 atom stereocenters. The zero-order valence-corrected chi connectivity index (χ0v) is 11.8. The molecule has 3 rings (SSSR count). The number of rotatable bonds is 3. The maximum absolute atomic E-state index is 14.0. The van der Waals surface area contributed by atoms with E-state index in [0.717, 1.165) is 35.4 Å². The second-order valence-corrected chi connectivity index (χ2v) is 4.78. The summed E-state index contributed by atoms with van der Waals surface area (Å²) >= 11 is 0. The normalized spacial score (nSPS) is 11.4. The number of para-hydroxylation sites is 1. The molecule has 4 nitrogen and oxygen atoms in total. The van der Waals surface area contributed by atoms with Crippen molar-refractivity contribution < 1.29 is 9.13 Å². The first-order valence-corrected chi connectivity index (χ1v) is 6.67. The topological polar surface area (TPSA) is 39.4 Å². The minimum Gasteiger partial charge on any atom is -0.479 e. The summed E-state index contributed by atoms with van der Waals surface area (Å²) in [6.07, 6.45) is 1.80. The van der Waals surface area contributed by atoms with Gasteiger partial charge < -0.3 is 4.74 Å². The Kier molecular flexibility index (Phi) is 3.04. The van der Waals surface area contributed by atoms with Gasteiger partial charge in [-0.1, -0.05) is 13.0 Å². The SMILES string of the molecule is CCCc1nc(C)c2c(OC)nc3c(F)cccc3n12. The monoisotopic (exact) mass is 273 g/mol. The highest BCUT2D eigenvalue weighted by Gasteiger charge is 2.18. The second kappa shape index (κ2) is 4.74. The maximum atomic E-state index is 14.0. The first-order valence-electron chi connectivity index (χ1n) is 6.67. The minimum absolute atomic E-state index is 0.312. The van der Waals surface area contributed by atoms with Crippen LogP contribution in [0.15, 0.2) is 18.2 Å². The van der Waals surface area contributed by atoms with Gasteiger partial charge in [0.15, 0.2) is 5.82 Å². The Morgan fingerprint density at radius 1 is 1.30 bits per heavy atom. The Labute approximate surface area is 116 Å². The van der Waals surface area contributed by atoms with Crippen LogP contribution in [0, 0.1) is 12.7 Å². The first-order chi connectivity index (χ1) is 9.67. The van der Waals surface area contributed by atoms with Gasteiger partial charge in [-0.05, 0) is 25.5 Å². The number of hydrogen-bond donors (Lipinski definition) is 0. The van der Waals surface area contributed by atoms with Gasteiger partial charge in [-0.3, -0.25) is 4.40 Å². The van der Waals surface area contributed by atoms with Crippen LogP contribution in [0.5, 0.6) is 5.88 Å². The van der Waals surface area contributed by atoms with Crippen LogP contribution >= 0.6 is 0 Å². The smallest absolute Gasteiger partial charge is 0.240 e. The molecule has 3 aromatic rings. The Balaban J connectivity index is 2.53. The van der Waals surface area contributed by atoms with Crippen molar-refractivity contribution in [3.05, 3.63) is 35.5 Å². The van der Waals surface area contributed by atoms with E-state index in [2.05, 4.69) is 16.9 Å². The third kappa shape index (κ3) is 1.73. The minimum atomic E-state index is -0.350. The molecule has 0 fully saturated rings. The number of nitrogens with zero attached hydrogens (tertiary/aromatic N) is 3. The molecule has 2 heterocycles. The highest BCUT2D eigenvalue weighted by Crippen LogP contribution is 2.28. The number of aromatic nitrogens is 3. The van der Waals surface area contributed by atoms with Gasteiger partial charge in [0.2, 0.25) is 5.88 Å². The van der Waals surface area contributed by atoms with Gasteiger partial charge in [0.25, 0.3) is 0 Å². The van der Waals surface area contributed by atoms with Crippen LogP contribution in [0.1, 0.15) is 24.9 Å². The summed E-state index contributed by atoms with van der Waals surface area (Å²) in [6, 6.07) is 4.96. The van der Waals surface area contributed by atoms with Gasteiger partial charge in [-0.25, -0.2) is 14.4 Å². The molecule has 2 aromatic heterocycles. The fraction of sp³-hybridized carbons (Fsp3) is 0.333. The quantitative estimate of drug-likeness (QED) is 0.735. The first kappa shape index (κ1) is 12.8. The molecule has 0 unspecified atom stereocenters. The molecule has 0 bridgehead atoms. The zero-order valence-electron chi connectivity index (χ0n) is 11.8. The van der Waals surface area contributed by atoms with Crippen molar-refractivity contribution in [2.45, 2.75) is 26.7 Å². The molecule has 0 spiro atoms. The van der Waals surface area contributed by atoms with E-state index in [1.54, 1.807) is 13.2 Å². The molecule has 5 heteroatoms. The predicted octanol–water partition coefficient (Wildman–Crippen LogP) is 3.29. The van der Waals surface area contributed by atoms with E-state index >= 15 is 0 Å². The predicted molar refractivity (Wildman–Crippen MR) is 75.7 cm³/mol. The van der Waals surface area contributed by atoms with Gasteiger partial charge in [0.05, 0.1) is 18.3 Å². The lowest BCUT2D eigenvalue weighted by Gasteiger charge is -2.09. The highest BCUT2D eigenvalue weighted by atomic mass is 19.1. The van der Waals surface area contributed by atoms with Gasteiger partial charge in [0.1, 0.15) is 16.9 Å². The van der Waals surface area contributed by atoms with Gasteiger partial charge in [0, 0.05) is 6.42 Å². The Bertz CT molecular complexity index is 795. The van der Waals surface area contributed by atoms with E-state index < -0.39 is 0 Å². The van der Waals surface area contributed by atoms with Gasteiger partial charge in [-0.15, -0.1) is 0 Å². The molecule has 0 amide bonds. The number of benzene rings is 1. The number of hydrogen-bond acceptors (Lipinski definition) is 3. The molecule has 20 heavy (non-hydrogen) atoms. The number of ether oxygens (including phenoxy) is 1. The zero-order chi connectivity index (χ0) is 14.3. The summed E-state index contributed by atoms with van der Waals surface area (Å²) in [4.78, 5) is 8.89. The largest absolute Gasteiger partial charge is 0.479 e. The molecule has 0 N–H and O–H groups in total. The van der Waals surface area contributed by atoms with Crippen LogP contribution in [0.4, 0.5) is 4.39 Å². The summed E-state index contributed by atoms with van der Waals surface area (Å²) in [6.45, 7) is 4.02. The van der Waals surface area contributed by atoms with Crippen molar-refractivity contribution in [1.82, 2.24) is 14.4 Å². The number of imidazole rings is 1. The molecule has 1 aromatic carbocycles. The van der Waals surface area contributed by atoms with E-state index in [9.17, 15) is 4.39 Å². The van der Waals surface area contributed by atoms with E-state index in [1.807, 2.05) is 17.4 Å². The summed E-state index contributed by atoms with van der Waals surface area (Å²) in [5, 5.41) is 0. The lowest BCUT2D eigenvalue weighted by atomic mass is 10.2. The number of halogens is 1. The van der Waals surface area contributed by atoms with Crippen LogP contribution in [-0.4, -0.2) is 21.5 Å². The number of aryl methyl sites for hydroxylation is 2. The van der Waals surface area contributed by atoms with E-state index in [4.69, 9.17) is 4.74 Å². The van der Waals surface area contributed by atoms with Crippen molar-refractivity contribution in [3.8, 4) is 5.88 Å². The van der Waals surface area contributed by atoms with Gasteiger partial charge >= 0.3 is 0 Å². The van der Waals surface area contributed by atoms with Crippen molar-refractivity contribution in [2.24, 2.45) is 0 Å². The molecule has 0 aliphatic carbocycles. The molecule has 0 saturated heterocycles. The number of fused-ring (bicyclic) bond motifs is 3. The molecule has 104 valence electrons. The summed E-state index contributed by atoms with van der Waals surface area (Å²) < 4.78 is 21.3. The van der Waals surface area contributed by atoms with Crippen molar-refractivity contribution in [1.29, 1.82) is 0 Å². The fourth-order valence-electron chi connectivity index (χ4n) is 2.58. The Hall–Kier alpha value is -2.17. The fourth-order valence-corrected chi connectivity index (χ4v) is 2.58. The number of methoxy groups -OCH3 is 1. The lowest BCUT2D eigenvalue weighted by Crippen LogP contribution is -2.01. The highest BCUT2D eigenvalue weighted by molar-refractivity contribution is 5.82. The van der Waals surface area contributed by atoms with E-state index in [0.29, 0.717) is 11.4 Å². The molecular weight excluding hydrogens is 257 g/mol. The third-order valence-corrected chi connectivity index (χ3v) is 3.41. The lowest BCUT2D eigenvalue weighted by molar-refractivity contribution is 0.402. The third-order valence-electron chi connectivity index (χ3n) is 3.41. The second-order valence-electron chi connectivity index (χ2n) is 4.78. The summed E-state index contributed by atoms with van der Waals surface area (Å²) in [7, 11) is 1.54. The Morgan fingerprint density at radius 2 is 2.10 bits per heavy atom. The van der Waals surface area contributed by atoms with Gasteiger partial charge in [-0.2, -0.15) is 0 Å². The van der Waals surface area contributed by atoms with Crippen LogP contribution in [-0.2, 0) is 6.42 Å².